The van der Waals surface area contributed by atoms with Crippen LogP contribution in [0.4, 0.5) is 14.1 Å². The van der Waals surface area contributed by atoms with Crippen LogP contribution in [0.25, 0.3) is 0 Å². The molecule has 0 aliphatic carbocycles. The summed E-state index contributed by atoms with van der Waals surface area (Å²) in [6.45, 7) is 10.2. The third-order valence-electron chi connectivity index (χ3n) is 3.42. The zero-order valence-electron chi connectivity index (χ0n) is 15.0. The molecule has 0 unspecified atom stereocenters. The average molecular weight is 460 g/mol. The highest BCUT2D eigenvalue weighted by Crippen LogP contribution is 1.92. The molecule has 3 saturated heterocycles. The molecule has 3 aliphatic heterocycles. The lowest BCUT2D eigenvalue weighted by molar-refractivity contribution is 0.0292. The Morgan fingerprint density at radius 3 is 0.741 bits per heavy atom. The van der Waals surface area contributed by atoms with Gasteiger partial charge in [-0.25, -0.2) is 15.0 Å². The van der Waals surface area contributed by atoms with Crippen LogP contribution in [0.5, 0.6) is 0 Å². The van der Waals surface area contributed by atoms with Crippen molar-refractivity contribution in [3.63, 3.8) is 0 Å². The maximum Gasteiger partial charge on any atom is 0.0608 e. The van der Waals surface area contributed by atoms with Gasteiger partial charge in [0.05, 0.1) is 39.6 Å². The molecule has 3 fully saturated rings. The lowest BCUT2D eigenvalue weighted by atomic mass is 10.5. The normalized spacial score (nSPS) is 21.0. The molecular formula is C12H30F3N6O3S3. The van der Waals surface area contributed by atoms with Gasteiger partial charge in [-0.2, -0.15) is 14.5 Å². The number of hydrogen-bond acceptors (Lipinski definition) is 9. The topological polar surface area (TPSA) is 73.5 Å². The van der Waals surface area contributed by atoms with Crippen molar-refractivity contribution in [2.45, 2.75) is 0 Å². The smallest absolute Gasteiger partial charge is 0.0608 e. The fraction of sp³-hybridized carbons (Fsp3) is 1.00. The second-order valence-electron chi connectivity index (χ2n) is 5.07. The average Bonchev–Trinajstić information content (AvgIpc) is 2.71. The van der Waals surface area contributed by atoms with E-state index in [9.17, 15) is 0 Å². The maximum absolute atomic E-state index is 5.07. The first-order chi connectivity index (χ1) is 11.8. The molecule has 0 bridgehead atoms. The van der Waals surface area contributed by atoms with Crippen LogP contribution < -0.4 is 14.5 Å². The zero-order valence-corrected chi connectivity index (χ0v) is 17.5. The molecule has 0 aromatic rings. The van der Waals surface area contributed by atoms with Gasteiger partial charge in [0, 0.05) is 77.7 Å². The molecule has 165 valence electrons. The Morgan fingerprint density at radius 2 is 0.630 bits per heavy atom. The Hall–Kier alpha value is 0.480. The Morgan fingerprint density at radius 1 is 0.444 bits per heavy atom. The summed E-state index contributed by atoms with van der Waals surface area (Å²) in [4.78, 5) is 7.92. The predicted molar refractivity (Wildman–Crippen MR) is 107 cm³/mol. The third kappa shape index (κ3) is 17.1. The van der Waals surface area contributed by atoms with Gasteiger partial charge in [0.2, 0.25) is 0 Å². The Balaban J connectivity index is -0.000000303. The van der Waals surface area contributed by atoms with Crippen molar-refractivity contribution < 1.29 is 28.3 Å². The van der Waals surface area contributed by atoms with Gasteiger partial charge in [0.1, 0.15) is 0 Å². The highest BCUT2D eigenvalue weighted by atomic mass is 32.1. The minimum Gasteiger partial charge on any atom is -0.379 e. The Kier molecular flexibility index (Phi) is 27.1. The van der Waals surface area contributed by atoms with Crippen LogP contribution in [0.15, 0.2) is 0 Å². The van der Waals surface area contributed by atoms with Crippen LogP contribution in [-0.2, 0) is 14.2 Å². The van der Waals surface area contributed by atoms with Crippen LogP contribution in [-0.4, -0.2) is 93.9 Å². The van der Waals surface area contributed by atoms with E-state index in [2.05, 4.69) is 52.9 Å². The molecule has 27 heavy (non-hydrogen) atoms. The zero-order chi connectivity index (χ0) is 17.5. The lowest BCUT2D eigenvalue weighted by Gasteiger charge is -2.23. The van der Waals surface area contributed by atoms with Gasteiger partial charge in [-0.1, -0.05) is 0 Å². The van der Waals surface area contributed by atoms with Crippen LogP contribution in [0.1, 0.15) is 0 Å². The van der Waals surface area contributed by atoms with Gasteiger partial charge in [-0.15, -0.1) is 0 Å². The first kappa shape index (κ1) is 32.2. The summed E-state index contributed by atoms with van der Waals surface area (Å²) in [7, 11) is 0. The Labute approximate surface area is 175 Å². The van der Waals surface area contributed by atoms with E-state index in [4.69, 9.17) is 14.2 Å². The number of hydrazine groups is 3. The van der Waals surface area contributed by atoms with Crippen LogP contribution in [0.2, 0.25) is 0 Å². The number of nitrogens with zero attached hydrogens (tertiary/aromatic N) is 3. The second kappa shape index (κ2) is 22.8. The SMILES string of the molecule is F.F.F.[S]NN1CCOCC1.[S]NN1CCOCC1.[S]NN1CCOCC1. The van der Waals surface area contributed by atoms with E-state index < -0.39 is 0 Å². The molecule has 0 saturated carbocycles. The summed E-state index contributed by atoms with van der Waals surface area (Å²) in [6.07, 6.45) is 0. The van der Waals surface area contributed by atoms with Crippen molar-refractivity contribution in [2.75, 3.05) is 78.9 Å². The van der Waals surface area contributed by atoms with Crippen molar-refractivity contribution in [2.24, 2.45) is 0 Å². The second-order valence-corrected chi connectivity index (χ2v) is 5.62. The number of morpholine rings is 3. The van der Waals surface area contributed by atoms with E-state index in [0.29, 0.717) is 0 Å². The van der Waals surface area contributed by atoms with E-state index in [-0.39, 0.29) is 14.1 Å². The summed E-state index contributed by atoms with van der Waals surface area (Å²) >= 11 is 13.8. The number of halogens is 3. The van der Waals surface area contributed by atoms with E-state index in [0.717, 1.165) is 78.9 Å². The first-order valence-electron chi connectivity index (χ1n) is 7.91. The van der Waals surface area contributed by atoms with Crippen molar-refractivity contribution in [3.8, 4) is 0 Å². The van der Waals surface area contributed by atoms with Crippen molar-refractivity contribution >= 4 is 38.4 Å². The number of nitrogens with one attached hydrogen (secondary N) is 3. The molecule has 0 atom stereocenters. The van der Waals surface area contributed by atoms with Crippen LogP contribution in [0, 0.1) is 0 Å². The molecule has 0 spiro atoms. The Bertz CT molecular complexity index is 252. The van der Waals surface area contributed by atoms with Crippen LogP contribution in [0.3, 0.4) is 0 Å². The molecular weight excluding hydrogens is 429 g/mol. The first-order valence-corrected chi connectivity index (χ1v) is 9.14. The molecule has 9 nitrogen and oxygen atoms in total. The van der Waals surface area contributed by atoms with E-state index in [1.165, 1.54) is 0 Å². The molecule has 0 aromatic carbocycles. The highest BCUT2D eigenvalue weighted by Gasteiger charge is 2.08. The van der Waals surface area contributed by atoms with Crippen molar-refractivity contribution in [1.82, 2.24) is 29.5 Å². The van der Waals surface area contributed by atoms with E-state index in [1.807, 2.05) is 15.0 Å². The monoisotopic (exact) mass is 459 g/mol. The molecule has 0 amide bonds. The van der Waals surface area contributed by atoms with Gasteiger partial charge in [-0.05, 0) is 0 Å². The number of ether oxygens (including phenoxy) is 3. The van der Waals surface area contributed by atoms with Gasteiger partial charge in [0.15, 0.2) is 0 Å². The largest absolute Gasteiger partial charge is 0.379 e. The predicted octanol–water partition coefficient (Wildman–Crippen LogP) is 0.265. The quantitative estimate of drug-likeness (QED) is 0.551. The fourth-order valence-electron chi connectivity index (χ4n) is 1.96. The summed E-state index contributed by atoms with van der Waals surface area (Å²) in [6, 6.07) is 0. The van der Waals surface area contributed by atoms with Gasteiger partial charge in [-0.3, -0.25) is 14.1 Å². The van der Waals surface area contributed by atoms with Gasteiger partial charge < -0.3 is 14.2 Å². The summed E-state index contributed by atoms with van der Waals surface area (Å²) in [5.41, 5.74) is 0. The lowest BCUT2D eigenvalue weighted by Crippen LogP contribution is -2.41. The molecule has 3 heterocycles. The molecule has 0 aromatic heterocycles. The minimum atomic E-state index is 0. The summed E-state index contributed by atoms with van der Waals surface area (Å²) < 4.78 is 15.2. The van der Waals surface area contributed by atoms with Crippen molar-refractivity contribution in [1.29, 1.82) is 0 Å². The standard InChI is InChI=1S/3C4H9N2OS.3FH/c3*8-5-6-1-3-7-4-2-6;;;/h3*5H,1-4H2;3*1H. The minimum absolute atomic E-state index is 0. The molecule has 3 rings (SSSR count). The number of rotatable bonds is 3. The number of hydrogen-bond donors (Lipinski definition) is 3. The maximum atomic E-state index is 5.07. The summed E-state index contributed by atoms with van der Waals surface area (Å²) in [5.74, 6) is 0. The van der Waals surface area contributed by atoms with Gasteiger partial charge in [0.25, 0.3) is 0 Å². The van der Waals surface area contributed by atoms with E-state index >= 15 is 0 Å². The molecule has 3 N–H and O–H groups in total. The summed E-state index contributed by atoms with van der Waals surface area (Å²) in [5, 5.41) is 5.87. The van der Waals surface area contributed by atoms with Gasteiger partial charge >= 0.3 is 0 Å². The molecule has 3 aliphatic rings. The van der Waals surface area contributed by atoms with Crippen molar-refractivity contribution in [3.05, 3.63) is 0 Å². The molecule has 15 heteroatoms. The van der Waals surface area contributed by atoms with Crippen LogP contribution >= 0.6 is 38.4 Å². The highest BCUT2D eigenvalue weighted by molar-refractivity contribution is 7.78. The molecule has 3 radical (unpaired) electrons. The van der Waals surface area contributed by atoms with E-state index in [1.54, 1.807) is 0 Å². The fourth-order valence-corrected chi connectivity index (χ4v) is 2.51. The third-order valence-corrected chi connectivity index (χ3v) is 4.20.